The Kier molecular flexibility index (Phi) is 8.75. The molecule has 8 nitrogen and oxygen atoms in total. The number of aromatic nitrogens is 2. The Labute approximate surface area is 214 Å². The number of aliphatic imine (C=N–C) groups is 1. The lowest BCUT2D eigenvalue weighted by molar-refractivity contribution is -0.141. The molecule has 0 radical (unpaired) electrons. The smallest absolute Gasteiger partial charge is 0.384 e. The van der Waals surface area contributed by atoms with E-state index in [4.69, 9.17) is 10.5 Å². The summed E-state index contributed by atoms with van der Waals surface area (Å²) in [5.74, 6) is 0.734. The predicted molar refractivity (Wildman–Crippen MR) is 134 cm³/mol. The van der Waals surface area contributed by atoms with Crippen molar-refractivity contribution in [3.8, 4) is 0 Å². The van der Waals surface area contributed by atoms with Crippen molar-refractivity contribution in [2.75, 3.05) is 45.8 Å². The van der Waals surface area contributed by atoms with Gasteiger partial charge in [0.05, 0.1) is 0 Å². The first kappa shape index (κ1) is 27.0. The standard InChI is InChI=1S/C26H33F3N6O2/c1-37-17-33-24(21-2-3-22(32-15-21)26(27,28)29)19-7-12-35(13-8-19)25(36)20-5-10-34(11-6-20)16-18-4-9-31-23(30)14-18/h2-4,9,14-15,19-20H,5-8,10-13,16-17H2,1H3,(H2,30,31)/b33-24+. The fraction of sp³-hybridized carbons (Fsp3) is 0.538. The van der Waals surface area contributed by atoms with Crippen LogP contribution < -0.4 is 5.73 Å². The van der Waals surface area contributed by atoms with Crippen LogP contribution >= 0.6 is 0 Å². The largest absolute Gasteiger partial charge is 0.433 e. The number of pyridine rings is 2. The molecule has 2 aromatic heterocycles. The zero-order valence-electron chi connectivity index (χ0n) is 21.0. The number of nitrogen functional groups attached to an aromatic ring is 1. The van der Waals surface area contributed by atoms with E-state index in [0.29, 0.717) is 43.0 Å². The maximum atomic E-state index is 13.2. The second kappa shape index (κ2) is 12.0. The number of hydrogen-bond donors (Lipinski definition) is 1. The fourth-order valence-electron chi connectivity index (χ4n) is 5.12. The molecule has 0 aliphatic carbocycles. The minimum absolute atomic E-state index is 0.0102. The summed E-state index contributed by atoms with van der Waals surface area (Å²) in [6.45, 7) is 3.80. The summed E-state index contributed by atoms with van der Waals surface area (Å²) in [6, 6.07) is 6.23. The summed E-state index contributed by atoms with van der Waals surface area (Å²) in [6.07, 6.45) is 1.47. The lowest BCUT2D eigenvalue weighted by Gasteiger charge is -2.37. The minimum atomic E-state index is -4.49. The molecular weight excluding hydrogens is 485 g/mol. The SMILES string of the molecule is COC/N=C(/c1ccc(C(F)(F)F)nc1)C1CCN(C(=O)C2CCN(Cc3ccnc(N)c3)CC2)CC1. The maximum Gasteiger partial charge on any atom is 0.433 e. The lowest BCUT2D eigenvalue weighted by Crippen LogP contribution is -2.46. The second-order valence-corrected chi connectivity index (χ2v) is 9.63. The molecule has 37 heavy (non-hydrogen) atoms. The Bertz CT molecular complexity index is 1080. The van der Waals surface area contributed by atoms with Gasteiger partial charge < -0.3 is 15.4 Å². The summed E-state index contributed by atoms with van der Waals surface area (Å²) in [4.78, 5) is 29.6. The Morgan fingerprint density at radius 1 is 1.08 bits per heavy atom. The van der Waals surface area contributed by atoms with Gasteiger partial charge in [-0.2, -0.15) is 13.2 Å². The van der Waals surface area contributed by atoms with Crippen LogP contribution in [0, 0.1) is 11.8 Å². The molecule has 200 valence electrons. The molecule has 2 aliphatic rings. The van der Waals surface area contributed by atoms with Crippen molar-refractivity contribution in [2.24, 2.45) is 16.8 Å². The van der Waals surface area contributed by atoms with Gasteiger partial charge in [0.2, 0.25) is 5.91 Å². The van der Waals surface area contributed by atoms with Crippen molar-refractivity contribution >= 4 is 17.4 Å². The van der Waals surface area contributed by atoms with E-state index in [1.165, 1.54) is 19.4 Å². The topological polar surface area (TPSA) is 96.9 Å². The van der Waals surface area contributed by atoms with E-state index in [1.54, 1.807) is 6.20 Å². The number of halogens is 3. The van der Waals surface area contributed by atoms with Gasteiger partial charge in [0.25, 0.3) is 0 Å². The van der Waals surface area contributed by atoms with Gasteiger partial charge in [0, 0.05) is 62.2 Å². The quantitative estimate of drug-likeness (QED) is 0.563. The summed E-state index contributed by atoms with van der Waals surface area (Å²) >= 11 is 0. The number of anilines is 1. The molecule has 2 saturated heterocycles. The molecule has 0 saturated carbocycles. The molecule has 2 N–H and O–H groups in total. The number of methoxy groups -OCH3 is 1. The second-order valence-electron chi connectivity index (χ2n) is 9.63. The number of hydrogen-bond acceptors (Lipinski definition) is 7. The Morgan fingerprint density at radius 2 is 1.78 bits per heavy atom. The van der Waals surface area contributed by atoms with E-state index in [-0.39, 0.29) is 24.5 Å². The van der Waals surface area contributed by atoms with Gasteiger partial charge in [0.1, 0.15) is 18.2 Å². The maximum absolute atomic E-state index is 13.2. The van der Waals surface area contributed by atoms with Crippen molar-refractivity contribution in [3.63, 3.8) is 0 Å². The number of amides is 1. The number of alkyl halides is 3. The van der Waals surface area contributed by atoms with Crippen LogP contribution in [0.15, 0.2) is 41.7 Å². The first-order valence-electron chi connectivity index (χ1n) is 12.5. The van der Waals surface area contributed by atoms with Crippen molar-refractivity contribution in [3.05, 3.63) is 53.5 Å². The molecule has 0 bridgehead atoms. The van der Waals surface area contributed by atoms with Gasteiger partial charge in [0.15, 0.2) is 0 Å². The van der Waals surface area contributed by atoms with Gasteiger partial charge in [-0.15, -0.1) is 0 Å². The minimum Gasteiger partial charge on any atom is -0.384 e. The highest BCUT2D eigenvalue weighted by Gasteiger charge is 2.34. The molecule has 2 fully saturated rings. The summed E-state index contributed by atoms with van der Waals surface area (Å²) in [5, 5.41) is 0. The molecule has 0 aromatic carbocycles. The third-order valence-electron chi connectivity index (χ3n) is 7.10. The zero-order chi connectivity index (χ0) is 26.4. The van der Waals surface area contributed by atoms with Crippen molar-refractivity contribution < 1.29 is 22.7 Å². The van der Waals surface area contributed by atoms with Crippen molar-refractivity contribution in [1.82, 2.24) is 19.8 Å². The molecule has 4 rings (SSSR count). The Balaban J connectivity index is 1.31. The first-order valence-corrected chi connectivity index (χ1v) is 12.5. The Hall–Kier alpha value is -3.05. The number of piperidine rings is 2. The molecule has 0 unspecified atom stereocenters. The summed E-state index contributed by atoms with van der Waals surface area (Å²) in [7, 11) is 1.52. The van der Waals surface area contributed by atoms with Crippen LogP contribution in [0.5, 0.6) is 0 Å². The highest BCUT2D eigenvalue weighted by Crippen LogP contribution is 2.29. The van der Waals surface area contributed by atoms with Gasteiger partial charge in [-0.1, -0.05) is 0 Å². The number of carbonyl (C=O) groups is 1. The van der Waals surface area contributed by atoms with E-state index in [1.807, 2.05) is 17.0 Å². The van der Waals surface area contributed by atoms with Crippen LogP contribution in [-0.2, 0) is 22.3 Å². The summed E-state index contributed by atoms with van der Waals surface area (Å²) in [5.41, 5.74) is 7.20. The van der Waals surface area contributed by atoms with E-state index in [9.17, 15) is 18.0 Å². The average molecular weight is 519 g/mol. The van der Waals surface area contributed by atoms with Crippen LogP contribution in [0.3, 0.4) is 0 Å². The molecule has 1 amide bonds. The van der Waals surface area contributed by atoms with Gasteiger partial charge in [-0.25, -0.2) is 4.98 Å². The van der Waals surface area contributed by atoms with Crippen LogP contribution in [-0.4, -0.2) is 71.4 Å². The molecule has 0 spiro atoms. The van der Waals surface area contributed by atoms with Crippen molar-refractivity contribution in [2.45, 2.75) is 38.4 Å². The number of rotatable bonds is 7. The third-order valence-corrected chi connectivity index (χ3v) is 7.10. The van der Waals surface area contributed by atoms with E-state index in [0.717, 1.165) is 44.1 Å². The molecule has 11 heteroatoms. The molecule has 4 heterocycles. The van der Waals surface area contributed by atoms with E-state index >= 15 is 0 Å². The third kappa shape index (κ3) is 7.04. The van der Waals surface area contributed by atoms with Crippen LogP contribution in [0.4, 0.5) is 19.0 Å². The van der Waals surface area contributed by atoms with Gasteiger partial charge >= 0.3 is 6.18 Å². The highest BCUT2D eigenvalue weighted by atomic mass is 19.4. The van der Waals surface area contributed by atoms with Crippen LogP contribution in [0.25, 0.3) is 0 Å². The average Bonchev–Trinajstić information content (AvgIpc) is 2.89. The zero-order valence-corrected chi connectivity index (χ0v) is 21.0. The molecule has 2 aliphatic heterocycles. The van der Waals surface area contributed by atoms with Crippen LogP contribution in [0.2, 0.25) is 0 Å². The number of likely N-dealkylation sites (tertiary alicyclic amines) is 2. The number of nitrogens with zero attached hydrogens (tertiary/aromatic N) is 5. The first-order chi connectivity index (χ1) is 17.7. The number of ether oxygens (including phenoxy) is 1. The number of nitrogens with two attached hydrogens (primary N) is 1. The lowest BCUT2D eigenvalue weighted by atomic mass is 9.87. The van der Waals surface area contributed by atoms with E-state index < -0.39 is 11.9 Å². The molecule has 0 atom stereocenters. The molecular formula is C26H33F3N6O2. The van der Waals surface area contributed by atoms with Gasteiger partial charge in [-0.05, 0) is 68.6 Å². The normalized spacial score (nSPS) is 18.8. The number of carbonyl (C=O) groups excluding carboxylic acids is 1. The summed E-state index contributed by atoms with van der Waals surface area (Å²) < 4.78 is 43.9. The van der Waals surface area contributed by atoms with E-state index in [2.05, 4.69) is 19.9 Å². The fourth-order valence-corrected chi connectivity index (χ4v) is 5.12. The predicted octanol–water partition coefficient (Wildman–Crippen LogP) is 3.62. The van der Waals surface area contributed by atoms with Crippen molar-refractivity contribution in [1.29, 1.82) is 0 Å². The van der Waals surface area contributed by atoms with Gasteiger partial charge in [-0.3, -0.25) is 19.7 Å². The monoisotopic (exact) mass is 518 g/mol. The molecule has 2 aromatic rings. The van der Waals surface area contributed by atoms with Crippen LogP contribution in [0.1, 0.15) is 42.5 Å². The Morgan fingerprint density at radius 3 is 2.38 bits per heavy atom. The highest BCUT2D eigenvalue weighted by molar-refractivity contribution is 6.02.